The highest BCUT2D eigenvalue weighted by Crippen LogP contribution is 2.13. The first-order valence-corrected chi connectivity index (χ1v) is 5.10. The first-order chi connectivity index (χ1) is 7.69. The van der Waals surface area contributed by atoms with Crippen LogP contribution in [0.15, 0.2) is 36.2 Å². The Morgan fingerprint density at radius 3 is 2.81 bits per heavy atom. The van der Waals surface area contributed by atoms with Gasteiger partial charge in [0.1, 0.15) is 5.15 Å². The predicted molar refractivity (Wildman–Crippen MR) is 66.8 cm³/mol. The van der Waals surface area contributed by atoms with Crippen molar-refractivity contribution in [3.8, 4) is 12.3 Å². The van der Waals surface area contributed by atoms with Gasteiger partial charge in [0.25, 0.3) is 0 Å². The molecule has 1 N–H and O–H groups in total. The van der Waals surface area contributed by atoms with E-state index in [2.05, 4.69) is 23.2 Å². The zero-order valence-corrected chi connectivity index (χ0v) is 9.51. The van der Waals surface area contributed by atoms with Gasteiger partial charge in [-0.2, -0.15) is 0 Å². The molecule has 0 aromatic carbocycles. The van der Waals surface area contributed by atoms with Crippen molar-refractivity contribution in [1.82, 2.24) is 4.98 Å². The van der Waals surface area contributed by atoms with Gasteiger partial charge in [0.15, 0.2) is 0 Å². The summed E-state index contributed by atoms with van der Waals surface area (Å²) < 4.78 is 0. The third-order valence-electron chi connectivity index (χ3n) is 2.05. The molecule has 0 atom stereocenters. The molecule has 0 aliphatic rings. The van der Waals surface area contributed by atoms with E-state index in [-0.39, 0.29) is 0 Å². The number of halogens is 1. The van der Waals surface area contributed by atoms with Crippen molar-refractivity contribution >= 4 is 17.3 Å². The number of hydrogen-bond acceptors (Lipinski definition) is 2. The van der Waals surface area contributed by atoms with Crippen molar-refractivity contribution in [1.29, 1.82) is 5.41 Å². The summed E-state index contributed by atoms with van der Waals surface area (Å²) in [6, 6.07) is 3.39. The smallest absolute Gasteiger partial charge is 0.129 e. The van der Waals surface area contributed by atoms with Crippen molar-refractivity contribution in [3.05, 3.63) is 46.9 Å². The monoisotopic (exact) mass is 230 g/mol. The quantitative estimate of drug-likeness (QED) is 0.367. The van der Waals surface area contributed by atoms with E-state index in [0.29, 0.717) is 34.8 Å². The summed E-state index contributed by atoms with van der Waals surface area (Å²) in [6.07, 6.45) is 7.90. The van der Waals surface area contributed by atoms with E-state index < -0.39 is 0 Å². The molecule has 1 aromatic rings. The van der Waals surface area contributed by atoms with Crippen LogP contribution in [0.1, 0.15) is 18.4 Å². The molecule has 0 spiro atoms. The first-order valence-electron chi connectivity index (χ1n) is 4.72. The number of hydrogen-bond donors (Lipinski definition) is 1. The van der Waals surface area contributed by atoms with Crippen molar-refractivity contribution in [2.75, 3.05) is 0 Å². The fourth-order valence-corrected chi connectivity index (χ4v) is 1.31. The van der Waals surface area contributed by atoms with E-state index in [0.717, 1.165) is 0 Å². The molecule has 0 aliphatic heterocycles. The molecule has 0 saturated heterocycles. The van der Waals surface area contributed by atoms with E-state index in [1.54, 1.807) is 18.3 Å². The maximum atomic E-state index is 7.94. The molecule has 1 rings (SSSR count). The molecule has 80 valence electrons. The fourth-order valence-electron chi connectivity index (χ4n) is 1.20. The highest BCUT2D eigenvalue weighted by Gasteiger charge is 2.07. The van der Waals surface area contributed by atoms with Crippen LogP contribution in [0.25, 0.3) is 0 Å². The Kier molecular flexibility index (Phi) is 4.54. The van der Waals surface area contributed by atoms with Crippen molar-refractivity contribution < 1.29 is 0 Å². The van der Waals surface area contributed by atoms with Crippen LogP contribution in [0.5, 0.6) is 0 Å². The number of aromatic nitrogens is 1. The van der Waals surface area contributed by atoms with Crippen LogP contribution >= 0.6 is 11.6 Å². The van der Waals surface area contributed by atoms with E-state index >= 15 is 0 Å². The molecule has 0 amide bonds. The predicted octanol–water partition coefficient (Wildman–Crippen LogP) is 3.23. The first kappa shape index (κ1) is 12.3. The van der Waals surface area contributed by atoms with Crippen molar-refractivity contribution in [2.45, 2.75) is 12.8 Å². The Morgan fingerprint density at radius 2 is 2.31 bits per heavy atom. The lowest BCUT2D eigenvalue weighted by Crippen LogP contribution is -2.03. The SMILES string of the molecule is C#CCCC(=C=C)C(=N)c1ccc(Cl)nc1. The summed E-state index contributed by atoms with van der Waals surface area (Å²) in [4.78, 5) is 3.92. The number of nitrogens with one attached hydrogen (secondary N) is 1. The van der Waals surface area contributed by atoms with Crippen LogP contribution < -0.4 is 0 Å². The molecular weight excluding hydrogens is 220 g/mol. The molecule has 0 aliphatic carbocycles. The van der Waals surface area contributed by atoms with Gasteiger partial charge < -0.3 is 0 Å². The lowest BCUT2D eigenvalue weighted by molar-refractivity contribution is 1.05. The Labute approximate surface area is 100 Å². The molecule has 1 aromatic heterocycles. The molecule has 2 nitrogen and oxygen atoms in total. The van der Waals surface area contributed by atoms with Crippen molar-refractivity contribution in [3.63, 3.8) is 0 Å². The summed E-state index contributed by atoms with van der Waals surface area (Å²) in [5.41, 5.74) is 4.46. The molecule has 0 fully saturated rings. The van der Waals surface area contributed by atoms with Crippen LogP contribution in [0.3, 0.4) is 0 Å². The summed E-state index contributed by atoms with van der Waals surface area (Å²) >= 11 is 5.67. The van der Waals surface area contributed by atoms with Gasteiger partial charge in [0, 0.05) is 23.8 Å². The Hall–Kier alpha value is -1.81. The second-order valence-corrected chi connectivity index (χ2v) is 3.49. The molecule has 0 saturated carbocycles. The minimum Gasteiger partial charge on any atom is -0.299 e. The van der Waals surface area contributed by atoms with E-state index in [1.807, 2.05) is 0 Å². The molecule has 0 bridgehead atoms. The van der Waals surface area contributed by atoms with E-state index in [1.165, 1.54) is 0 Å². The topological polar surface area (TPSA) is 36.7 Å². The maximum absolute atomic E-state index is 7.94. The third-order valence-corrected chi connectivity index (χ3v) is 2.27. The number of pyridine rings is 1. The van der Waals surface area contributed by atoms with Crippen LogP contribution in [0.2, 0.25) is 5.15 Å². The average Bonchev–Trinajstić information content (AvgIpc) is 2.30. The number of allylic oxidation sites excluding steroid dienone is 1. The van der Waals surface area contributed by atoms with Gasteiger partial charge in [-0.25, -0.2) is 4.98 Å². The number of nitrogens with zero attached hydrogens (tertiary/aromatic N) is 1. The Bertz CT molecular complexity index is 474. The van der Waals surface area contributed by atoms with Crippen LogP contribution in [0.4, 0.5) is 0 Å². The Morgan fingerprint density at radius 1 is 1.56 bits per heavy atom. The lowest BCUT2D eigenvalue weighted by Gasteiger charge is -2.05. The average molecular weight is 231 g/mol. The van der Waals surface area contributed by atoms with Gasteiger partial charge in [-0.1, -0.05) is 18.2 Å². The van der Waals surface area contributed by atoms with Gasteiger partial charge in [-0.05, 0) is 18.6 Å². The van der Waals surface area contributed by atoms with Gasteiger partial charge in [0.2, 0.25) is 0 Å². The van der Waals surface area contributed by atoms with Gasteiger partial charge >= 0.3 is 0 Å². The molecule has 16 heavy (non-hydrogen) atoms. The normalized spacial score (nSPS) is 9.00. The zero-order chi connectivity index (χ0) is 12.0. The van der Waals surface area contributed by atoms with Gasteiger partial charge in [-0.15, -0.1) is 18.1 Å². The molecule has 0 radical (unpaired) electrons. The van der Waals surface area contributed by atoms with E-state index in [9.17, 15) is 0 Å². The Balaban J connectivity index is 2.89. The molecule has 0 unspecified atom stereocenters. The lowest BCUT2D eigenvalue weighted by atomic mass is 10.0. The fraction of sp³-hybridized carbons (Fsp3) is 0.154. The summed E-state index contributed by atoms with van der Waals surface area (Å²) in [7, 11) is 0. The highest BCUT2D eigenvalue weighted by molar-refractivity contribution is 6.29. The molecular formula is C13H11ClN2. The largest absolute Gasteiger partial charge is 0.299 e. The van der Waals surface area contributed by atoms with Crippen LogP contribution in [-0.2, 0) is 0 Å². The zero-order valence-electron chi connectivity index (χ0n) is 8.76. The standard InChI is InChI=1S/C13H11ClN2/c1-3-5-6-10(4-2)13(15)11-7-8-12(14)16-9-11/h1,7-9,15H,2,5-6H2. The minimum absolute atomic E-state index is 0.342. The minimum atomic E-state index is 0.342. The number of terminal acetylenes is 1. The second kappa shape index (κ2) is 5.92. The van der Waals surface area contributed by atoms with Gasteiger partial charge in [-0.3, -0.25) is 5.41 Å². The highest BCUT2D eigenvalue weighted by atomic mass is 35.5. The third kappa shape index (κ3) is 3.10. The summed E-state index contributed by atoms with van der Waals surface area (Å²) in [6.45, 7) is 3.56. The second-order valence-electron chi connectivity index (χ2n) is 3.10. The van der Waals surface area contributed by atoms with Crippen molar-refractivity contribution in [2.24, 2.45) is 0 Å². The van der Waals surface area contributed by atoms with E-state index in [4.69, 9.17) is 23.4 Å². The maximum Gasteiger partial charge on any atom is 0.129 e. The van der Waals surface area contributed by atoms with Crippen LogP contribution in [-0.4, -0.2) is 10.7 Å². The summed E-state index contributed by atoms with van der Waals surface area (Å²) in [5.74, 6) is 2.53. The molecule has 3 heteroatoms. The summed E-state index contributed by atoms with van der Waals surface area (Å²) in [5, 5.41) is 8.35. The van der Waals surface area contributed by atoms with Gasteiger partial charge in [0.05, 0.1) is 5.71 Å². The van der Waals surface area contributed by atoms with Crippen LogP contribution in [0, 0.1) is 17.8 Å². The number of rotatable bonds is 4. The molecule has 1 heterocycles.